The molecule has 6 nitrogen and oxygen atoms in total. The average Bonchev–Trinajstić information content (AvgIpc) is 2.86. The summed E-state index contributed by atoms with van der Waals surface area (Å²) in [5, 5.41) is 2.73. The molecule has 1 heterocycles. The molecule has 6 heteroatoms. The quantitative estimate of drug-likeness (QED) is 0.830. The van der Waals surface area contributed by atoms with Gasteiger partial charge in [0.1, 0.15) is 5.52 Å². The lowest BCUT2D eigenvalue weighted by Gasteiger charge is -2.08. The van der Waals surface area contributed by atoms with Crippen molar-refractivity contribution in [2.45, 2.75) is 25.7 Å². The second-order valence-electron chi connectivity index (χ2n) is 4.69. The minimum atomic E-state index is -0.479. The maximum Gasteiger partial charge on any atom is 0.220 e. The number of amides is 2. The average molecular weight is 275 g/mol. The van der Waals surface area contributed by atoms with Gasteiger partial charge < -0.3 is 15.5 Å². The largest absolute Gasteiger partial charge is 0.440 e. The van der Waals surface area contributed by atoms with E-state index in [1.165, 1.54) is 0 Å². The second kappa shape index (κ2) is 6.18. The molecule has 0 unspecified atom stereocenters. The van der Waals surface area contributed by atoms with Gasteiger partial charge in [-0.3, -0.25) is 9.59 Å². The molecule has 106 valence electrons. The molecule has 1 atom stereocenters. The number of rotatable bonds is 6. The highest BCUT2D eigenvalue weighted by molar-refractivity contribution is 5.82. The number of fused-ring (bicyclic) bond motifs is 1. The maximum absolute atomic E-state index is 11.5. The third-order valence-corrected chi connectivity index (χ3v) is 2.94. The van der Waals surface area contributed by atoms with Crippen molar-refractivity contribution in [3.8, 4) is 0 Å². The number of benzene rings is 1. The van der Waals surface area contributed by atoms with Crippen LogP contribution in [0.2, 0.25) is 0 Å². The number of hydrogen-bond acceptors (Lipinski definition) is 4. The van der Waals surface area contributed by atoms with Crippen LogP contribution in [0.25, 0.3) is 11.1 Å². The summed E-state index contributed by atoms with van der Waals surface area (Å²) in [5.74, 6) is -0.139. The summed E-state index contributed by atoms with van der Waals surface area (Å²) in [6.45, 7) is 2.32. The zero-order valence-electron chi connectivity index (χ0n) is 11.3. The molecule has 0 fully saturated rings. The first-order chi connectivity index (χ1) is 9.56. The SMILES string of the molecule is C[C@@H](CNC(=O)CCC(N)=O)c1nc2ccccc2o1. The number of nitrogens with two attached hydrogens (primary N) is 1. The minimum absolute atomic E-state index is 0.0417. The van der Waals surface area contributed by atoms with E-state index in [4.69, 9.17) is 10.2 Å². The Labute approximate surface area is 116 Å². The number of carbonyl (C=O) groups excluding carboxylic acids is 2. The van der Waals surface area contributed by atoms with Gasteiger partial charge in [-0.1, -0.05) is 19.1 Å². The Balaban J connectivity index is 1.89. The first-order valence-electron chi connectivity index (χ1n) is 6.46. The standard InChI is InChI=1S/C14H17N3O3/c1-9(8-16-13(19)7-6-12(15)18)14-17-10-4-2-3-5-11(10)20-14/h2-5,9H,6-8H2,1H3,(H2,15,18)(H,16,19)/t9-/m0/s1. The molecule has 0 radical (unpaired) electrons. The highest BCUT2D eigenvalue weighted by Crippen LogP contribution is 2.20. The number of aromatic nitrogens is 1. The third kappa shape index (κ3) is 3.57. The summed E-state index contributed by atoms with van der Waals surface area (Å²) >= 11 is 0. The van der Waals surface area contributed by atoms with Crippen molar-refractivity contribution >= 4 is 22.9 Å². The van der Waals surface area contributed by atoms with E-state index >= 15 is 0 Å². The van der Waals surface area contributed by atoms with Crippen LogP contribution in [0.4, 0.5) is 0 Å². The lowest BCUT2D eigenvalue weighted by Crippen LogP contribution is -2.28. The normalized spacial score (nSPS) is 12.2. The molecule has 20 heavy (non-hydrogen) atoms. The van der Waals surface area contributed by atoms with E-state index in [0.29, 0.717) is 12.4 Å². The Morgan fingerprint density at radius 3 is 2.80 bits per heavy atom. The van der Waals surface area contributed by atoms with Crippen molar-refractivity contribution in [3.63, 3.8) is 0 Å². The van der Waals surface area contributed by atoms with Crippen LogP contribution in [0.15, 0.2) is 28.7 Å². The Kier molecular flexibility index (Phi) is 4.34. The number of para-hydroxylation sites is 2. The molecule has 0 aliphatic heterocycles. The van der Waals surface area contributed by atoms with Gasteiger partial charge in [-0.25, -0.2) is 4.98 Å². The monoisotopic (exact) mass is 275 g/mol. The van der Waals surface area contributed by atoms with Crippen molar-refractivity contribution < 1.29 is 14.0 Å². The van der Waals surface area contributed by atoms with Crippen LogP contribution < -0.4 is 11.1 Å². The zero-order chi connectivity index (χ0) is 14.5. The highest BCUT2D eigenvalue weighted by Gasteiger charge is 2.14. The molecule has 0 aliphatic carbocycles. The molecule has 0 bridgehead atoms. The topological polar surface area (TPSA) is 98.2 Å². The minimum Gasteiger partial charge on any atom is -0.440 e. The molecule has 1 aromatic heterocycles. The van der Waals surface area contributed by atoms with Crippen molar-refractivity contribution in [3.05, 3.63) is 30.2 Å². The van der Waals surface area contributed by atoms with Crippen molar-refractivity contribution in [2.24, 2.45) is 5.73 Å². The number of carbonyl (C=O) groups is 2. The molecule has 0 spiro atoms. The molecular weight excluding hydrogens is 258 g/mol. The first kappa shape index (κ1) is 14.0. The van der Waals surface area contributed by atoms with Crippen LogP contribution >= 0.6 is 0 Å². The molecule has 1 aromatic carbocycles. The summed E-state index contributed by atoms with van der Waals surface area (Å²) in [6, 6.07) is 7.50. The van der Waals surface area contributed by atoms with Crippen LogP contribution in [-0.4, -0.2) is 23.3 Å². The molecule has 2 amide bonds. The van der Waals surface area contributed by atoms with Gasteiger partial charge in [-0.15, -0.1) is 0 Å². The Morgan fingerprint density at radius 1 is 1.35 bits per heavy atom. The number of nitrogens with zero attached hydrogens (tertiary/aromatic N) is 1. The van der Waals surface area contributed by atoms with Gasteiger partial charge in [-0.05, 0) is 12.1 Å². The van der Waals surface area contributed by atoms with Gasteiger partial charge in [0.05, 0.1) is 5.92 Å². The lowest BCUT2D eigenvalue weighted by molar-refractivity contribution is -0.125. The summed E-state index contributed by atoms with van der Waals surface area (Å²) in [6.07, 6.45) is 0.165. The number of hydrogen-bond donors (Lipinski definition) is 2. The van der Waals surface area contributed by atoms with Crippen molar-refractivity contribution in [2.75, 3.05) is 6.54 Å². The molecule has 3 N–H and O–H groups in total. The summed E-state index contributed by atoms with van der Waals surface area (Å²) in [4.78, 5) is 26.4. The van der Waals surface area contributed by atoms with Crippen LogP contribution in [0, 0.1) is 0 Å². The van der Waals surface area contributed by atoms with E-state index in [1.807, 2.05) is 31.2 Å². The fraction of sp³-hybridized carbons (Fsp3) is 0.357. The Bertz CT molecular complexity index is 588. The van der Waals surface area contributed by atoms with Gasteiger partial charge in [0.15, 0.2) is 11.5 Å². The molecular formula is C14H17N3O3. The Hall–Kier alpha value is -2.37. The predicted octanol–water partition coefficient (Wildman–Crippen LogP) is 1.31. The second-order valence-corrected chi connectivity index (χ2v) is 4.69. The number of nitrogens with one attached hydrogen (secondary N) is 1. The van der Waals surface area contributed by atoms with E-state index in [9.17, 15) is 9.59 Å². The summed E-state index contributed by atoms with van der Waals surface area (Å²) in [7, 11) is 0. The maximum atomic E-state index is 11.5. The molecule has 0 saturated carbocycles. The van der Waals surface area contributed by atoms with E-state index in [-0.39, 0.29) is 24.7 Å². The van der Waals surface area contributed by atoms with Gasteiger partial charge in [-0.2, -0.15) is 0 Å². The number of oxazole rings is 1. The molecule has 2 rings (SSSR count). The van der Waals surface area contributed by atoms with Crippen LogP contribution in [0.5, 0.6) is 0 Å². The molecule has 0 aliphatic rings. The van der Waals surface area contributed by atoms with E-state index in [2.05, 4.69) is 10.3 Å². The van der Waals surface area contributed by atoms with E-state index in [1.54, 1.807) is 0 Å². The zero-order valence-corrected chi connectivity index (χ0v) is 11.3. The fourth-order valence-electron chi connectivity index (χ4n) is 1.78. The number of primary amides is 1. The van der Waals surface area contributed by atoms with E-state index < -0.39 is 5.91 Å². The fourth-order valence-corrected chi connectivity index (χ4v) is 1.78. The van der Waals surface area contributed by atoms with Crippen molar-refractivity contribution in [1.29, 1.82) is 0 Å². The predicted molar refractivity (Wildman–Crippen MR) is 73.9 cm³/mol. The Morgan fingerprint density at radius 2 is 2.10 bits per heavy atom. The van der Waals surface area contributed by atoms with Crippen LogP contribution in [-0.2, 0) is 9.59 Å². The lowest BCUT2D eigenvalue weighted by atomic mass is 10.2. The first-order valence-corrected chi connectivity index (χ1v) is 6.46. The van der Waals surface area contributed by atoms with Gasteiger partial charge in [0.25, 0.3) is 0 Å². The van der Waals surface area contributed by atoms with Gasteiger partial charge >= 0.3 is 0 Å². The molecule has 0 saturated heterocycles. The molecule has 2 aromatic rings. The summed E-state index contributed by atoms with van der Waals surface area (Å²) < 4.78 is 5.62. The third-order valence-electron chi connectivity index (χ3n) is 2.94. The van der Waals surface area contributed by atoms with Crippen molar-refractivity contribution in [1.82, 2.24) is 10.3 Å². The highest BCUT2D eigenvalue weighted by atomic mass is 16.3. The van der Waals surface area contributed by atoms with Gasteiger partial charge in [0.2, 0.25) is 11.8 Å². The van der Waals surface area contributed by atoms with Crippen LogP contribution in [0.1, 0.15) is 31.6 Å². The van der Waals surface area contributed by atoms with Crippen LogP contribution in [0.3, 0.4) is 0 Å². The summed E-state index contributed by atoms with van der Waals surface area (Å²) in [5.41, 5.74) is 6.52. The smallest absolute Gasteiger partial charge is 0.220 e. The van der Waals surface area contributed by atoms with Gasteiger partial charge in [0, 0.05) is 19.4 Å². The van der Waals surface area contributed by atoms with E-state index in [0.717, 1.165) is 11.1 Å².